The Bertz CT molecular complexity index is 536. The Morgan fingerprint density at radius 2 is 1.32 bits per heavy atom. The average molecular weight is 444 g/mol. The van der Waals surface area contributed by atoms with Crippen LogP contribution in [0.2, 0.25) is 0 Å². The molecule has 0 aromatic rings. The summed E-state index contributed by atoms with van der Waals surface area (Å²) in [5, 5.41) is 0.444. The van der Waals surface area contributed by atoms with Gasteiger partial charge in [-0.2, -0.15) is 0 Å². The van der Waals surface area contributed by atoms with Gasteiger partial charge in [0.05, 0.1) is 13.2 Å². The monoisotopic (exact) mass is 443 g/mol. The lowest BCUT2D eigenvalue weighted by atomic mass is 10.1. The predicted octanol–water partition coefficient (Wildman–Crippen LogP) is 4.07. The molecule has 1 rings (SSSR count). The van der Waals surface area contributed by atoms with Crippen molar-refractivity contribution in [1.29, 1.82) is 0 Å². The van der Waals surface area contributed by atoms with Gasteiger partial charge in [-0.3, -0.25) is 19.2 Å². The topological polar surface area (TPSA) is 108 Å². The third-order valence-corrected chi connectivity index (χ3v) is 4.82. The minimum atomic E-state index is -1.14. The lowest BCUT2D eigenvalue weighted by molar-refractivity contribution is -0.188. The van der Waals surface area contributed by atoms with Crippen molar-refractivity contribution in [3.8, 4) is 0 Å². The quantitative estimate of drug-likeness (QED) is 0.188. The minimum Gasteiger partial charge on any atom is -0.463 e. The first-order valence-corrected chi connectivity index (χ1v) is 11.5. The van der Waals surface area contributed by atoms with Gasteiger partial charge >= 0.3 is 12.1 Å². The Balaban J connectivity index is 1.89. The van der Waals surface area contributed by atoms with Crippen LogP contribution in [-0.4, -0.2) is 55.4 Å². The molecule has 0 saturated carbocycles. The van der Waals surface area contributed by atoms with Crippen LogP contribution in [0.1, 0.15) is 90.4 Å². The third-order valence-electron chi connectivity index (χ3n) is 4.82. The molecule has 178 valence electrons. The number of amides is 2. The maximum absolute atomic E-state index is 11.6. The van der Waals surface area contributed by atoms with Gasteiger partial charge in [-0.05, 0) is 12.8 Å². The Morgan fingerprint density at radius 1 is 0.774 bits per heavy atom. The normalized spacial score (nSPS) is 13.9. The molecule has 0 aromatic heterocycles. The number of carbonyl (C=O) groups is 4. The van der Waals surface area contributed by atoms with Crippen molar-refractivity contribution in [3.05, 3.63) is 0 Å². The van der Waals surface area contributed by atoms with Gasteiger partial charge in [0, 0.05) is 19.3 Å². The molecule has 0 bridgehead atoms. The summed E-state index contributed by atoms with van der Waals surface area (Å²) in [7, 11) is 0. The fourth-order valence-corrected chi connectivity index (χ4v) is 3.09. The molecule has 1 aliphatic heterocycles. The van der Waals surface area contributed by atoms with Crippen LogP contribution in [0.5, 0.6) is 0 Å². The molecule has 0 unspecified atom stereocenters. The number of unbranched alkanes of at least 4 members (excludes halogenated alkanes) is 8. The van der Waals surface area contributed by atoms with Crippen molar-refractivity contribution in [2.45, 2.75) is 90.4 Å². The van der Waals surface area contributed by atoms with Crippen molar-refractivity contribution in [1.82, 2.24) is 5.06 Å². The Hall–Kier alpha value is -2.16. The van der Waals surface area contributed by atoms with Gasteiger partial charge in [0.2, 0.25) is 0 Å². The van der Waals surface area contributed by atoms with Gasteiger partial charge in [0.1, 0.15) is 13.2 Å². The number of rotatable bonds is 17. The maximum atomic E-state index is 11.6. The lowest BCUT2D eigenvalue weighted by Crippen LogP contribution is -2.41. The van der Waals surface area contributed by atoms with Crippen LogP contribution in [0.4, 0.5) is 4.79 Å². The number of hydroxylamine groups is 2. The Morgan fingerprint density at radius 3 is 1.94 bits per heavy atom. The summed E-state index contributed by atoms with van der Waals surface area (Å²) in [6.07, 6.45) is 10.8. The summed E-state index contributed by atoms with van der Waals surface area (Å²) < 4.78 is 15.0. The van der Waals surface area contributed by atoms with Crippen molar-refractivity contribution in [3.63, 3.8) is 0 Å². The molecule has 1 aliphatic rings. The van der Waals surface area contributed by atoms with Crippen LogP contribution in [0.15, 0.2) is 0 Å². The second kappa shape index (κ2) is 17.5. The molecule has 31 heavy (non-hydrogen) atoms. The molecule has 9 nitrogen and oxygen atoms in total. The first-order chi connectivity index (χ1) is 15.0. The highest BCUT2D eigenvalue weighted by atomic mass is 16.8. The molecule has 0 N–H and O–H groups in total. The molecular weight excluding hydrogens is 406 g/mol. The van der Waals surface area contributed by atoms with E-state index in [9.17, 15) is 19.2 Å². The maximum Gasteiger partial charge on any atom is 0.534 e. The van der Waals surface area contributed by atoms with Gasteiger partial charge in [-0.15, -0.1) is 0 Å². The zero-order chi connectivity index (χ0) is 22.7. The van der Waals surface area contributed by atoms with E-state index in [1.165, 1.54) is 38.5 Å². The van der Waals surface area contributed by atoms with E-state index in [-0.39, 0.29) is 45.2 Å². The summed E-state index contributed by atoms with van der Waals surface area (Å²) in [6, 6.07) is 0. The highest BCUT2D eigenvalue weighted by Crippen LogP contribution is 2.13. The summed E-state index contributed by atoms with van der Waals surface area (Å²) in [5.41, 5.74) is 0. The summed E-state index contributed by atoms with van der Waals surface area (Å²) in [4.78, 5) is 50.8. The van der Waals surface area contributed by atoms with E-state index in [0.29, 0.717) is 17.9 Å². The number of nitrogens with zero attached hydrogens (tertiary/aromatic N) is 1. The highest BCUT2D eigenvalue weighted by Gasteiger charge is 2.30. The number of hydrogen-bond acceptors (Lipinski definition) is 8. The summed E-state index contributed by atoms with van der Waals surface area (Å²) >= 11 is 0. The SMILES string of the molecule is CCCCCCCCCCCC(=O)OCCOCCOC(=O)ON1C(=O)CCCC1=O. The molecule has 0 spiro atoms. The molecule has 0 radical (unpaired) electrons. The van der Waals surface area contributed by atoms with E-state index in [1.807, 2.05) is 0 Å². The van der Waals surface area contributed by atoms with Crippen molar-refractivity contribution < 1.29 is 38.2 Å². The molecule has 1 saturated heterocycles. The van der Waals surface area contributed by atoms with Crippen LogP contribution in [0.25, 0.3) is 0 Å². The molecule has 2 amide bonds. The van der Waals surface area contributed by atoms with Crippen LogP contribution < -0.4 is 0 Å². The van der Waals surface area contributed by atoms with Gasteiger partial charge < -0.3 is 14.2 Å². The molecule has 1 heterocycles. The minimum absolute atomic E-state index is 0.0762. The van der Waals surface area contributed by atoms with E-state index in [4.69, 9.17) is 14.2 Å². The average Bonchev–Trinajstić information content (AvgIpc) is 2.74. The fraction of sp³-hybridized carbons (Fsp3) is 0.818. The van der Waals surface area contributed by atoms with E-state index in [0.717, 1.165) is 19.3 Å². The zero-order valence-corrected chi connectivity index (χ0v) is 18.7. The second-order valence-corrected chi connectivity index (χ2v) is 7.54. The number of hydrogen-bond donors (Lipinski definition) is 0. The number of imide groups is 1. The highest BCUT2D eigenvalue weighted by molar-refractivity contribution is 5.97. The number of carbonyl (C=O) groups excluding carboxylic acids is 4. The van der Waals surface area contributed by atoms with E-state index >= 15 is 0 Å². The molecule has 0 aliphatic carbocycles. The number of piperidine rings is 1. The largest absolute Gasteiger partial charge is 0.534 e. The molecular formula is C22H37NO8. The van der Waals surface area contributed by atoms with Crippen LogP contribution in [0, 0.1) is 0 Å². The van der Waals surface area contributed by atoms with E-state index in [2.05, 4.69) is 11.8 Å². The standard InChI is InChI=1S/C22H37NO8/c1-2-3-4-5-6-7-8-9-10-14-21(26)29-17-15-28-16-18-30-22(27)31-23-19(24)12-11-13-20(23)25/h2-18H2,1H3. The summed E-state index contributed by atoms with van der Waals surface area (Å²) in [6.45, 7) is 2.50. The predicted molar refractivity (Wildman–Crippen MR) is 112 cm³/mol. The third kappa shape index (κ3) is 13.7. The van der Waals surface area contributed by atoms with Gasteiger partial charge in [-0.1, -0.05) is 63.4 Å². The van der Waals surface area contributed by atoms with Crippen molar-refractivity contribution >= 4 is 23.9 Å². The lowest BCUT2D eigenvalue weighted by Gasteiger charge is -2.22. The second-order valence-electron chi connectivity index (χ2n) is 7.54. The van der Waals surface area contributed by atoms with Gasteiger partial charge in [0.15, 0.2) is 0 Å². The number of ether oxygens (including phenoxy) is 3. The fourth-order valence-electron chi connectivity index (χ4n) is 3.09. The summed E-state index contributed by atoms with van der Waals surface area (Å²) in [5.74, 6) is -1.36. The Kier molecular flexibility index (Phi) is 15.2. The van der Waals surface area contributed by atoms with Crippen molar-refractivity contribution in [2.24, 2.45) is 0 Å². The number of esters is 1. The van der Waals surface area contributed by atoms with Gasteiger partial charge in [0.25, 0.3) is 11.8 Å². The van der Waals surface area contributed by atoms with Crippen LogP contribution >= 0.6 is 0 Å². The van der Waals surface area contributed by atoms with Crippen LogP contribution in [-0.2, 0) is 33.4 Å². The van der Waals surface area contributed by atoms with Crippen molar-refractivity contribution in [2.75, 3.05) is 26.4 Å². The van der Waals surface area contributed by atoms with Gasteiger partial charge in [-0.25, -0.2) is 4.79 Å². The smallest absolute Gasteiger partial charge is 0.463 e. The molecule has 0 aromatic carbocycles. The first-order valence-electron chi connectivity index (χ1n) is 11.5. The zero-order valence-electron chi connectivity index (χ0n) is 18.7. The van der Waals surface area contributed by atoms with E-state index < -0.39 is 18.0 Å². The molecule has 9 heteroatoms. The molecule has 0 atom stereocenters. The first kappa shape index (κ1) is 26.9. The van der Waals surface area contributed by atoms with Crippen LogP contribution in [0.3, 0.4) is 0 Å². The van der Waals surface area contributed by atoms with E-state index in [1.54, 1.807) is 0 Å². The molecule has 1 fully saturated rings. The Labute approximate surface area is 184 Å².